The average molecular weight is 235 g/mol. The lowest BCUT2D eigenvalue weighted by atomic mass is 9.65. The molecule has 0 saturated heterocycles. The molecule has 0 N–H and O–H groups in total. The van der Waals surface area contributed by atoms with Gasteiger partial charge >= 0.3 is 0 Å². The Morgan fingerprint density at radius 3 is 2.65 bits per heavy atom. The van der Waals surface area contributed by atoms with E-state index in [9.17, 15) is 4.79 Å². The maximum Gasteiger partial charge on any atom is 0.135 e. The third-order valence-electron chi connectivity index (χ3n) is 4.82. The summed E-state index contributed by atoms with van der Waals surface area (Å²) in [7, 11) is 0. The molecule has 0 amide bonds. The van der Waals surface area contributed by atoms with E-state index in [0.717, 1.165) is 6.42 Å². The molecule has 1 nitrogen and oxygen atoms in total. The Labute approximate surface area is 107 Å². The number of hydrogen-bond donors (Lipinski definition) is 0. The molecule has 0 fully saturated rings. The molecule has 1 atom stereocenters. The van der Waals surface area contributed by atoms with Crippen molar-refractivity contribution in [3.63, 3.8) is 0 Å². The highest BCUT2D eigenvalue weighted by Gasteiger charge is 2.35. The van der Waals surface area contributed by atoms with Gasteiger partial charge in [0, 0.05) is 5.41 Å². The molecule has 17 heavy (non-hydrogen) atoms. The fourth-order valence-corrected chi connectivity index (χ4v) is 2.44. The van der Waals surface area contributed by atoms with Crippen molar-refractivity contribution >= 4 is 5.78 Å². The molecule has 1 heteroatoms. The maximum absolute atomic E-state index is 11.5. The Kier molecular flexibility index (Phi) is 4.22. The molecular formula is C16H27O. The van der Waals surface area contributed by atoms with Crippen molar-refractivity contribution in [2.75, 3.05) is 0 Å². The van der Waals surface area contributed by atoms with Crippen LogP contribution < -0.4 is 0 Å². The summed E-state index contributed by atoms with van der Waals surface area (Å²) in [6, 6.07) is 0. The van der Waals surface area contributed by atoms with Gasteiger partial charge in [0.05, 0.1) is 0 Å². The van der Waals surface area contributed by atoms with Gasteiger partial charge in [-0.1, -0.05) is 39.3 Å². The lowest BCUT2D eigenvalue weighted by Gasteiger charge is -2.40. The van der Waals surface area contributed by atoms with Crippen LogP contribution in [0.5, 0.6) is 0 Å². The van der Waals surface area contributed by atoms with E-state index >= 15 is 0 Å². The third kappa shape index (κ3) is 3.20. The largest absolute Gasteiger partial charge is 0.299 e. The van der Waals surface area contributed by atoms with Crippen molar-refractivity contribution in [3.05, 3.63) is 18.1 Å². The van der Waals surface area contributed by atoms with E-state index < -0.39 is 0 Å². The van der Waals surface area contributed by atoms with E-state index in [1.54, 1.807) is 6.92 Å². The van der Waals surface area contributed by atoms with Crippen molar-refractivity contribution in [1.82, 2.24) is 0 Å². The molecule has 1 radical (unpaired) electrons. The zero-order valence-corrected chi connectivity index (χ0v) is 12.3. The maximum atomic E-state index is 11.5. The summed E-state index contributed by atoms with van der Waals surface area (Å²) in [4.78, 5) is 11.5. The minimum absolute atomic E-state index is 0.262. The fraction of sp³-hybridized carbons (Fsp3) is 0.750. The molecule has 0 bridgehead atoms. The van der Waals surface area contributed by atoms with Gasteiger partial charge < -0.3 is 0 Å². The van der Waals surface area contributed by atoms with Crippen LogP contribution in [0.25, 0.3) is 0 Å². The first-order valence-corrected chi connectivity index (χ1v) is 6.70. The van der Waals surface area contributed by atoms with Gasteiger partial charge in [-0.2, -0.15) is 0 Å². The summed E-state index contributed by atoms with van der Waals surface area (Å²) >= 11 is 0. The van der Waals surface area contributed by atoms with Crippen LogP contribution in [0.1, 0.15) is 60.8 Å². The molecule has 1 aliphatic carbocycles. The van der Waals surface area contributed by atoms with Crippen molar-refractivity contribution < 1.29 is 4.79 Å². The quantitative estimate of drug-likeness (QED) is 0.652. The molecule has 0 spiro atoms. The highest BCUT2D eigenvalue weighted by molar-refractivity contribution is 5.82. The van der Waals surface area contributed by atoms with Crippen LogP contribution in [-0.4, -0.2) is 5.78 Å². The topological polar surface area (TPSA) is 17.1 Å². The van der Waals surface area contributed by atoms with Crippen LogP contribution >= 0.6 is 0 Å². The van der Waals surface area contributed by atoms with Gasteiger partial charge in [-0.3, -0.25) is 4.79 Å². The standard InChI is InChI=1S/C16H27O/c1-12-8-7-9-14(16(12,5)6)10-11-15(3,4)13(2)17/h8,11,14H,7,9-10H2,1-6H3. The number of ketones is 1. The lowest BCUT2D eigenvalue weighted by molar-refractivity contribution is -0.123. The predicted octanol–water partition coefficient (Wildman–Crippen LogP) is 4.58. The molecule has 0 aromatic carbocycles. The van der Waals surface area contributed by atoms with Crippen molar-refractivity contribution in [3.8, 4) is 0 Å². The van der Waals surface area contributed by atoms with E-state index in [2.05, 4.69) is 33.3 Å². The summed E-state index contributed by atoms with van der Waals surface area (Å²) < 4.78 is 0. The molecule has 1 rings (SSSR count). The predicted molar refractivity (Wildman–Crippen MR) is 73.6 cm³/mol. The van der Waals surface area contributed by atoms with Gasteiger partial charge in [-0.15, -0.1) is 0 Å². The van der Waals surface area contributed by atoms with Gasteiger partial charge in [-0.05, 0) is 50.9 Å². The Morgan fingerprint density at radius 1 is 1.53 bits per heavy atom. The van der Waals surface area contributed by atoms with Crippen molar-refractivity contribution in [1.29, 1.82) is 0 Å². The molecule has 0 aliphatic heterocycles. The average Bonchev–Trinajstić information content (AvgIpc) is 2.20. The summed E-state index contributed by atoms with van der Waals surface area (Å²) in [5.41, 5.74) is 1.51. The zero-order chi connectivity index (χ0) is 13.3. The summed E-state index contributed by atoms with van der Waals surface area (Å²) in [6.45, 7) is 12.6. The smallest absolute Gasteiger partial charge is 0.135 e. The minimum atomic E-state index is -0.273. The van der Waals surface area contributed by atoms with Gasteiger partial charge in [0.2, 0.25) is 0 Å². The molecule has 0 aromatic rings. The zero-order valence-electron chi connectivity index (χ0n) is 12.3. The van der Waals surface area contributed by atoms with E-state index in [4.69, 9.17) is 0 Å². The van der Waals surface area contributed by atoms with Crippen LogP contribution in [0.2, 0.25) is 0 Å². The van der Waals surface area contributed by atoms with Crippen LogP contribution in [0.15, 0.2) is 11.6 Å². The molecule has 1 aliphatic rings. The fourth-order valence-electron chi connectivity index (χ4n) is 2.44. The number of Topliss-reactive ketones (excluding diaryl/α,β-unsaturated/α-hetero) is 1. The summed E-state index contributed by atoms with van der Waals surface area (Å²) in [5.74, 6) is 0.935. The molecular weight excluding hydrogens is 208 g/mol. The molecule has 0 heterocycles. The second-order valence-corrected chi connectivity index (χ2v) is 6.60. The number of rotatable bonds is 4. The van der Waals surface area contributed by atoms with Gasteiger partial charge in [0.25, 0.3) is 0 Å². The second-order valence-electron chi connectivity index (χ2n) is 6.60. The first kappa shape index (κ1) is 14.5. The second kappa shape index (κ2) is 4.96. The number of carbonyl (C=O) groups excluding carboxylic acids is 1. The summed E-state index contributed by atoms with van der Waals surface area (Å²) in [6.07, 6.45) is 8.07. The van der Waals surface area contributed by atoms with E-state index in [1.807, 2.05) is 13.8 Å². The Bertz CT molecular complexity index is 320. The minimum Gasteiger partial charge on any atom is -0.299 e. The monoisotopic (exact) mass is 235 g/mol. The van der Waals surface area contributed by atoms with Crippen LogP contribution in [0, 0.1) is 23.2 Å². The van der Waals surface area contributed by atoms with Gasteiger partial charge in [0.15, 0.2) is 0 Å². The first-order chi connectivity index (χ1) is 7.68. The van der Waals surface area contributed by atoms with Crippen molar-refractivity contribution in [2.24, 2.45) is 16.7 Å². The third-order valence-corrected chi connectivity index (χ3v) is 4.82. The number of hydrogen-bond acceptors (Lipinski definition) is 1. The van der Waals surface area contributed by atoms with E-state index in [-0.39, 0.29) is 16.6 Å². The normalized spacial score (nSPS) is 24.4. The molecule has 0 aromatic heterocycles. The highest BCUT2D eigenvalue weighted by atomic mass is 16.1. The Hall–Kier alpha value is -0.590. The molecule has 0 saturated carbocycles. The SMILES string of the molecule is CC(=O)C(C)(C)[CH]CC1CCC=C(C)C1(C)C. The van der Waals surface area contributed by atoms with E-state index in [0.29, 0.717) is 5.92 Å². The molecule has 97 valence electrons. The van der Waals surface area contributed by atoms with Crippen molar-refractivity contribution in [2.45, 2.75) is 60.8 Å². The first-order valence-electron chi connectivity index (χ1n) is 6.70. The highest BCUT2D eigenvalue weighted by Crippen LogP contribution is 2.44. The molecule has 1 unspecified atom stereocenters. The van der Waals surface area contributed by atoms with Gasteiger partial charge in [-0.25, -0.2) is 0 Å². The Balaban J connectivity index is 2.65. The van der Waals surface area contributed by atoms with Crippen LogP contribution in [-0.2, 0) is 4.79 Å². The number of allylic oxidation sites excluding steroid dienone is 2. The summed E-state index contributed by atoms with van der Waals surface area (Å²) in [5, 5.41) is 0. The van der Waals surface area contributed by atoms with Crippen LogP contribution in [0.3, 0.4) is 0 Å². The van der Waals surface area contributed by atoms with Crippen LogP contribution in [0.4, 0.5) is 0 Å². The van der Waals surface area contributed by atoms with E-state index in [1.165, 1.54) is 18.4 Å². The van der Waals surface area contributed by atoms with Gasteiger partial charge in [0.1, 0.15) is 5.78 Å². The Morgan fingerprint density at radius 2 is 2.12 bits per heavy atom. The number of carbonyl (C=O) groups is 1. The lowest BCUT2D eigenvalue weighted by Crippen LogP contribution is -2.31.